The number of nitrogens with one attached hydrogen (secondary N) is 3. The van der Waals surface area contributed by atoms with E-state index in [2.05, 4.69) is 42.0 Å². The van der Waals surface area contributed by atoms with E-state index in [0.29, 0.717) is 12.5 Å². The Balaban J connectivity index is 1.52. The van der Waals surface area contributed by atoms with Crippen molar-refractivity contribution in [3.05, 3.63) is 34.4 Å². The van der Waals surface area contributed by atoms with Gasteiger partial charge in [0, 0.05) is 31.1 Å². The van der Waals surface area contributed by atoms with Gasteiger partial charge in [-0.15, -0.1) is 0 Å². The van der Waals surface area contributed by atoms with E-state index in [-0.39, 0.29) is 0 Å². The Bertz CT molecular complexity index is 901. The molecule has 2 saturated heterocycles. The van der Waals surface area contributed by atoms with E-state index < -0.39 is 27.9 Å². The predicted octanol–water partition coefficient (Wildman–Crippen LogP) is 0.150. The molecule has 0 spiro atoms. The highest BCUT2D eigenvalue weighted by Crippen LogP contribution is 2.22. The van der Waals surface area contributed by atoms with Crippen molar-refractivity contribution < 1.29 is 14.5 Å². The number of para-hydroxylation sites is 2. The van der Waals surface area contributed by atoms with E-state index >= 15 is 0 Å². The topological polar surface area (TPSA) is 127 Å². The van der Waals surface area contributed by atoms with Gasteiger partial charge in [0.2, 0.25) is 11.9 Å². The molecular formula is C17H22BrN7O4. The minimum Gasteiger partial charge on any atom is -0.379 e. The summed E-state index contributed by atoms with van der Waals surface area (Å²) < 4.78 is 7.36. The van der Waals surface area contributed by atoms with Crippen LogP contribution in [0.5, 0.6) is 0 Å². The average Bonchev–Trinajstić information content (AvgIpc) is 3.27. The van der Waals surface area contributed by atoms with Crippen molar-refractivity contribution in [1.29, 1.82) is 0 Å². The van der Waals surface area contributed by atoms with Gasteiger partial charge in [-0.1, -0.05) is 28.1 Å². The van der Waals surface area contributed by atoms with Gasteiger partial charge in [0.05, 0.1) is 24.2 Å². The van der Waals surface area contributed by atoms with Crippen LogP contribution in [0.1, 0.15) is 0 Å². The van der Waals surface area contributed by atoms with Crippen molar-refractivity contribution in [3.63, 3.8) is 0 Å². The van der Waals surface area contributed by atoms with E-state index in [1.165, 1.54) is 0 Å². The van der Waals surface area contributed by atoms with Crippen LogP contribution in [-0.4, -0.2) is 75.2 Å². The molecule has 0 bridgehead atoms. The molecule has 1 amide bonds. The number of halogens is 1. The molecule has 0 radical (unpaired) electrons. The summed E-state index contributed by atoms with van der Waals surface area (Å²) in [6, 6.07) is 6.87. The van der Waals surface area contributed by atoms with Crippen molar-refractivity contribution in [1.82, 2.24) is 25.3 Å². The highest BCUT2D eigenvalue weighted by Gasteiger charge is 2.45. The third-order valence-electron chi connectivity index (χ3n) is 5.15. The summed E-state index contributed by atoms with van der Waals surface area (Å²) in [4.78, 5) is 29.5. The first-order chi connectivity index (χ1) is 14.0. The van der Waals surface area contributed by atoms with Crippen LogP contribution in [-0.2, 0) is 16.1 Å². The van der Waals surface area contributed by atoms with Crippen molar-refractivity contribution in [3.8, 4) is 0 Å². The maximum Gasteiger partial charge on any atom is 0.292 e. The fourth-order valence-corrected chi connectivity index (χ4v) is 4.24. The number of ether oxygens (including phenoxy) is 1. The van der Waals surface area contributed by atoms with Crippen LogP contribution >= 0.6 is 15.9 Å². The second kappa shape index (κ2) is 8.71. The fourth-order valence-electron chi connectivity index (χ4n) is 3.55. The van der Waals surface area contributed by atoms with Crippen molar-refractivity contribution in [2.45, 2.75) is 23.6 Å². The summed E-state index contributed by atoms with van der Waals surface area (Å²) >= 11 is 3.25. The summed E-state index contributed by atoms with van der Waals surface area (Å²) in [5.74, 6) is 0.0298. The summed E-state index contributed by atoms with van der Waals surface area (Å²) in [6.07, 6.45) is -1.09. The van der Waals surface area contributed by atoms with Crippen molar-refractivity contribution >= 4 is 38.8 Å². The predicted molar refractivity (Wildman–Crippen MR) is 109 cm³/mol. The summed E-state index contributed by atoms with van der Waals surface area (Å²) in [6.45, 7) is 4.65. The number of fused-ring (bicyclic) bond motifs is 1. The molecule has 4 rings (SSSR count). The minimum atomic E-state index is -1.09. The molecule has 3 heterocycles. The third kappa shape index (κ3) is 4.26. The first-order valence-corrected chi connectivity index (χ1v) is 10.3. The number of hydrazine groups is 1. The summed E-state index contributed by atoms with van der Waals surface area (Å²) in [5, 5.41) is 13.9. The molecule has 156 valence electrons. The number of alkyl halides is 1. The molecule has 3 unspecified atom stereocenters. The Morgan fingerprint density at radius 2 is 2.07 bits per heavy atom. The molecule has 11 nitrogen and oxygen atoms in total. The summed E-state index contributed by atoms with van der Waals surface area (Å²) in [5.41, 5.74) is 6.92. The van der Waals surface area contributed by atoms with Crippen LogP contribution in [0.15, 0.2) is 24.3 Å². The highest BCUT2D eigenvalue weighted by atomic mass is 79.9. The number of rotatable bonds is 6. The van der Waals surface area contributed by atoms with Gasteiger partial charge >= 0.3 is 0 Å². The number of morpholine rings is 1. The number of benzene rings is 1. The maximum absolute atomic E-state index is 12.8. The molecule has 2 aliphatic heterocycles. The molecule has 0 saturated carbocycles. The standard InChI is InChI=1S/C17H22BrN7O4/c18-13-14(21-22-15(13)25(27)28)16(26)20-17-19-11-3-1-2-4-12(11)24(17)6-5-23-7-9-29-10-8-23/h1-4,13-15,21-22H,5-10H2,(H,19,20,26). The number of amides is 1. The first-order valence-electron chi connectivity index (χ1n) is 9.39. The van der Waals surface area contributed by atoms with Crippen LogP contribution in [0.4, 0.5) is 5.95 Å². The minimum absolute atomic E-state index is 0.397. The monoisotopic (exact) mass is 467 g/mol. The number of aromatic nitrogens is 2. The first kappa shape index (κ1) is 20.2. The average molecular weight is 468 g/mol. The molecule has 2 aliphatic rings. The summed E-state index contributed by atoms with van der Waals surface area (Å²) in [7, 11) is 0. The number of hydrogen-bond donors (Lipinski definition) is 3. The zero-order valence-corrected chi connectivity index (χ0v) is 17.2. The van der Waals surface area contributed by atoms with Gasteiger partial charge in [-0.2, -0.15) is 5.43 Å². The van der Waals surface area contributed by atoms with Crippen molar-refractivity contribution in [2.24, 2.45) is 0 Å². The van der Waals surface area contributed by atoms with Gasteiger partial charge in [-0.05, 0) is 12.1 Å². The lowest BCUT2D eigenvalue weighted by Crippen LogP contribution is -2.43. The van der Waals surface area contributed by atoms with E-state index in [1.807, 2.05) is 28.8 Å². The van der Waals surface area contributed by atoms with Crippen LogP contribution in [0.25, 0.3) is 11.0 Å². The SMILES string of the molecule is O=C(Nc1nc2ccccc2n1CCN1CCOCC1)C1NNC([N+](=O)[O-])C1Br. The normalized spacial score (nSPS) is 25.3. The largest absolute Gasteiger partial charge is 0.379 e. The number of nitrogens with zero attached hydrogens (tertiary/aromatic N) is 4. The van der Waals surface area contributed by atoms with E-state index in [0.717, 1.165) is 43.9 Å². The van der Waals surface area contributed by atoms with E-state index in [9.17, 15) is 14.9 Å². The molecule has 2 fully saturated rings. The van der Waals surface area contributed by atoms with E-state index in [4.69, 9.17) is 4.74 Å². The zero-order chi connectivity index (χ0) is 20.4. The number of carbonyl (C=O) groups excluding carboxylic acids is 1. The Hall–Kier alpha value is -2.12. The van der Waals surface area contributed by atoms with E-state index in [1.54, 1.807) is 0 Å². The lowest BCUT2D eigenvalue weighted by atomic mass is 10.2. The molecule has 3 atom stereocenters. The molecule has 12 heteroatoms. The maximum atomic E-state index is 12.8. The Morgan fingerprint density at radius 3 is 2.79 bits per heavy atom. The van der Waals surface area contributed by atoms with Gasteiger partial charge < -0.3 is 9.30 Å². The molecule has 3 N–H and O–H groups in total. The Kier molecular flexibility index (Phi) is 6.06. The van der Waals surface area contributed by atoms with Crippen molar-refractivity contribution in [2.75, 3.05) is 38.2 Å². The van der Waals surface area contributed by atoms with Gasteiger partial charge in [-0.25, -0.2) is 10.4 Å². The fraction of sp³-hybridized carbons (Fsp3) is 0.529. The molecule has 2 aromatic rings. The number of hydrogen-bond acceptors (Lipinski definition) is 8. The molecule has 29 heavy (non-hydrogen) atoms. The van der Waals surface area contributed by atoms with Crippen LogP contribution in [0.2, 0.25) is 0 Å². The number of carbonyl (C=O) groups is 1. The second-order valence-electron chi connectivity index (χ2n) is 6.96. The third-order valence-corrected chi connectivity index (χ3v) is 6.18. The molecule has 0 aliphatic carbocycles. The lowest BCUT2D eigenvalue weighted by molar-refractivity contribution is -0.525. The molecule has 1 aromatic heterocycles. The van der Waals surface area contributed by atoms with Gasteiger partial charge in [0.1, 0.15) is 10.9 Å². The number of anilines is 1. The lowest BCUT2D eigenvalue weighted by Gasteiger charge is -2.27. The second-order valence-corrected chi connectivity index (χ2v) is 8.02. The van der Waals surface area contributed by atoms with Crippen LogP contribution in [0.3, 0.4) is 0 Å². The molecular weight excluding hydrogens is 446 g/mol. The van der Waals surface area contributed by atoms with Gasteiger partial charge in [0.15, 0.2) is 0 Å². The zero-order valence-electron chi connectivity index (χ0n) is 15.6. The van der Waals surface area contributed by atoms with Crippen LogP contribution in [0, 0.1) is 10.1 Å². The Labute approximate surface area is 175 Å². The van der Waals surface area contributed by atoms with Gasteiger partial charge in [-0.3, -0.25) is 25.1 Å². The molecule has 1 aromatic carbocycles. The Morgan fingerprint density at radius 1 is 1.31 bits per heavy atom. The number of imidazole rings is 1. The van der Waals surface area contributed by atoms with Crippen LogP contribution < -0.4 is 16.2 Å². The number of nitro groups is 1. The highest BCUT2D eigenvalue weighted by molar-refractivity contribution is 9.09. The smallest absolute Gasteiger partial charge is 0.292 e. The quantitative estimate of drug-likeness (QED) is 0.311. The van der Waals surface area contributed by atoms with Gasteiger partial charge in [0.25, 0.3) is 6.17 Å².